The normalized spacial score (nSPS) is 10.6. The average molecular weight is 218 g/mol. The molecule has 16 heavy (non-hydrogen) atoms. The highest BCUT2D eigenvalue weighted by molar-refractivity contribution is 6.07. The van der Waals surface area contributed by atoms with Crippen molar-refractivity contribution < 1.29 is 9.53 Å². The second-order valence-electron chi connectivity index (χ2n) is 2.86. The first-order valence-corrected chi connectivity index (χ1v) is 4.31. The summed E-state index contributed by atoms with van der Waals surface area (Å²) in [5.41, 5.74) is 11.9. The molecule has 0 aliphatic heterocycles. The van der Waals surface area contributed by atoms with Crippen LogP contribution in [-0.4, -0.2) is 18.9 Å². The van der Waals surface area contributed by atoms with Crippen molar-refractivity contribution >= 4 is 17.5 Å². The highest BCUT2D eigenvalue weighted by Gasteiger charge is 2.14. The molecule has 0 aliphatic rings. The SMILES string of the molecule is COC(=O)c1cccc(C(N)=NC#N)c1N. The molecule has 0 saturated heterocycles. The van der Waals surface area contributed by atoms with Crippen molar-refractivity contribution in [2.75, 3.05) is 12.8 Å². The van der Waals surface area contributed by atoms with Crippen LogP contribution in [0.1, 0.15) is 15.9 Å². The molecular formula is C10H10N4O2. The number of benzene rings is 1. The minimum absolute atomic E-state index is 0.0363. The molecule has 4 N–H and O–H groups in total. The predicted octanol–water partition coefficient (Wildman–Crippen LogP) is 0.242. The van der Waals surface area contributed by atoms with Crippen LogP contribution in [0.15, 0.2) is 23.2 Å². The van der Waals surface area contributed by atoms with Crippen molar-refractivity contribution in [1.29, 1.82) is 5.26 Å². The van der Waals surface area contributed by atoms with Crippen LogP contribution in [0.3, 0.4) is 0 Å². The van der Waals surface area contributed by atoms with Crippen LogP contribution >= 0.6 is 0 Å². The Kier molecular flexibility index (Phi) is 3.45. The molecular weight excluding hydrogens is 208 g/mol. The summed E-state index contributed by atoms with van der Waals surface area (Å²) in [5.74, 6) is -0.602. The molecule has 6 nitrogen and oxygen atoms in total. The molecule has 0 radical (unpaired) electrons. The second kappa shape index (κ2) is 4.79. The number of carbonyl (C=O) groups excluding carboxylic acids is 1. The van der Waals surface area contributed by atoms with E-state index >= 15 is 0 Å². The van der Waals surface area contributed by atoms with Gasteiger partial charge in [-0.3, -0.25) is 0 Å². The van der Waals surface area contributed by atoms with Crippen LogP contribution in [0.5, 0.6) is 0 Å². The first kappa shape index (κ1) is 11.5. The van der Waals surface area contributed by atoms with Gasteiger partial charge in [-0.1, -0.05) is 6.07 Å². The number of hydrogen-bond acceptors (Lipinski definition) is 5. The van der Waals surface area contributed by atoms with Gasteiger partial charge in [0, 0.05) is 5.56 Å². The minimum Gasteiger partial charge on any atom is -0.465 e. The van der Waals surface area contributed by atoms with E-state index in [1.54, 1.807) is 18.3 Å². The number of methoxy groups -OCH3 is 1. The molecule has 0 amide bonds. The highest BCUT2D eigenvalue weighted by Crippen LogP contribution is 2.18. The number of hydrogen-bond donors (Lipinski definition) is 2. The summed E-state index contributed by atoms with van der Waals surface area (Å²) in [7, 11) is 1.25. The number of anilines is 1. The lowest BCUT2D eigenvalue weighted by Crippen LogP contribution is -2.17. The summed E-state index contributed by atoms with van der Waals surface area (Å²) < 4.78 is 4.55. The smallest absolute Gasteiger partial charge is 0.339 e. The third-order valence-electron chi connectivity index (χ3n) is 1.96. The maximum Gasteiger partial charge on any atom is 0.339 e. The Morgan fingerprint density at radius 1 is 1.50 bits per heavy atom. The Morgan fingerprint density at radius 2 is 2.12 bits per heavy atom. The van der Waals surface area contributed by atoms with E-state index in [4.69, 9.17) is 16.7 Å². The van der Waals surface area contributed by atoms with Crippen LogP contribution in [0.4, 0.5) is 5.69 Å². The zero-order valence-electron chi connectivity index (χ0n) is 8.60. The van der Waals surface area contributed by atoms with Crippen LogP contribution < -0.4 is 11.5 Å². The molecule has 82 valence electrons. The molecule has 1 aromatic rings. The highest BCUT2D eigenvalue weighted by atomic mass is 16.5. The zero-order chi connectivity index (χ0) is 12.1. The van der Waals surface area contributed by atoms with Crippen LogP contribution in [-0.2, 0) is 4.74 Å². The lowest BCUT2D eigenvalue weighted by molar-refractivity contribution is 0.0602. The molecule has 0 heterocycles. The lowest BCUT2D eigenvalue weighted by atomic mass is 10.1. The van der Waals surface area contributed by atoms with Gasteiger partial charge in [-0.15, -0.1) is 0 Å². The summed E-state index contributed by atoms with van der Waals surface area (Å²) in [4.78, 5) is 14.7. The summed E-state index contributed by atoms with van der Waals surface area (Å²) >= 11 is 0. The molecule has 0 bridgehead atoms. The van der Waals surface area contributed by atoms with Gasteiger partial charge >= 0.3 is 5.97 Å². The van der Waals surface area contributed by atoms with Gasteiger partial charge in [-0.25, -0.2) is 4.79 Å². The van der Waals surface area contributed by atoms with Crippen LogP contribution in [0.2, 0.25) is 0 Å². The second-order valence-corrected chi connectivity index (χ2v) is 2.86. The Balaban J connectivity index is 3.30. The number of nitrogens with zero attached hydrogens (tertiary/aromatic N) is 2. The Morgan fingerprint density at radius 3 is 2.69 bits per heavy atom. The van der Waals surface area contributed by atoms with Crippen molar-refractivity contribution in [2.45, 2.75) is 0 Å². The Labute approximate surface area is 92.1 Å². The summed E-state index contributed by atoms with van der Waals surface area (Å²) in [6.45, 7) is 0. The minimum atomic E-state index is -0.566. The Bertz CT molecular complexity index is 488. The Hall–Kier alpha value is -2.55. The largest absolute Gasteiger partial charge is 0.465 e. The number of amidine groups is 1. The number of aliphatic imine (C=N–C) groups is 1. The number of nitrogens with two attached hydrogens (primary N) is 2. The predicted molar refractivity (Wildman–Crippen MR) is 58.5 cm³/mol. The molecule has 0 aromatic heterocycles. The van der Waals surface area contributed by atoms with Gasteiger partial charge in [0.05, 0.1) is 18.4 Å². The van der Waals surface area contributed by atoms with E-state index in [9.17, 15) is 4.79 Å². The topological polar surface area (TPSA) is 114 Å². The third kappa shape index (κ3) is 2.09. The van der Waals surface area contributed by atoms with E-state index in [1.165, 1.54) is 13.2 Å². The fourth-order valence-electron chi connectivity index (χ4n) is 1.19. The van der Waals surface area contributed by atoms with Crippen LogP contribution in [0, 0.1) is 11.5 Å². The average Bonchev–Trinajstić information content (AvgIpc) is 2.28. The number of esters is 1. The van der Waals surface area contributed by atoms with E-state index in [2.05, 4.69) is 9.73 Å². The monoisotopic (exact) mass is 218 g/mol. The fraction of sp³-hybridized carbons (Fsp3) is 0.100. The van der Waals surface area contributed by atoms with Gasteiger partial charge < -0.3 is 16.2 Å². The van der Waals surface area contributed by atoms with Crippen molar-refractivity contribution in [1.82, 2.24) is 0 Å². The van der Waals surface area contributed by atoms with Gasteiger partial charge in [0.1, 0.15) is 5.84 Å². The number of nitriles is 1. The fourth-order valence-corrected chi connectivity index (χ4v) is 1.19. The van der Waals surface area contributed by atoms with Crippen molar-refractivity contribution in [3.8, 4) is 6.19 Å². The summed E-state index contributed by atoms with van der Waals surface area (Å²) in [6, 6.07) is 4.65. The molecule has 1 aromatic carbocycles. The molecule has 6 heteroatoms. The van der Waals surface area contributed by atoms with E-state index in [0.29, 0.717) is 5.56 Å². The number of ether oxygens (including phenoxy) is 1. The molecule has 0 unspecified atom stereocenters. The van der Waals surface area contributed by atoms with Crippen molar-refractivity contribution in [3.05, 3.63) is 29.3 Å². The molecule has 0 spiro atoms. The van der Waals surface area contributed by atoms with Crippen molar-refractivity contribution in [2.24, 2.45) is 10.7 Å². The standard InChI is InChI=1S/C10H10N4O2/c1-16-10(15)7-4-2-3-6(8(7)12)9(13)14-5-11/h2-4H,12H2,1H3,(H2,13,14). The molecule has 0 saturated carbocycles. The maximum atomic E-state index is 11.3. The van der Waals surface area contributed by atoms with Gasteiger partial charge in [-0.2, -0.15) is 10.3 Å². The van der Waals surface area contributed by atoms with Crippen LogP contribution in [0.25, 0.3) is 0 Å². The zero-order valence-corrected chi connectivity index (χ0v) is 8.60. The quantitative estimate of drug-likeness (QED) is 0.242. The van der Waals surface area contributed by atoms with Gasteiger partial charge in [0.2, 0.25) is 6.19 Å². The first-order valence-electron chi connectivity index (χ1n) is 4.31. The van der Waals surface area contributed by atoms with E-state index < -0.39 is 5.97 Å². The van der Waals surface area contributed by atoms with E-state index in [-0.39, 0.29) is 17.1 Å². The van der Waals surface area contributed by atoms with Gasteiger partial charge in [-0.05, 0) is 12.1 Å². The van der Waals surface area contributed by atoms with E-state index in [1.807, 2.05) is 0 Å². The summed E-state index contributed by atoms with van der Waals surface area (Å²) in [6.07, 6.45) is 1.55. The molecule has 0 atom stereocenters. The molecule has 1 rings (SSSR count). The van der Waals surface area contributed by atoms with E-state index in [0.717, 1.165) is 0 Å². The van der Waals surface area contributed by atoms with Gasteiger partial charge in [0.15, 0.2) is 0 Å². The van der Waals surface area contributed by atoms with Gasteiger partial charge in [0.25, 0.3) is 0 Å². The molecule has 0 aliphatic carbocycles. The maximum absolute atomic E-state index is 11.3. The lowest BCUT2D eigenvalue weighted by Gasteiger charge is -2.07. The van der Waals surface area contributed by atoms with Crippen molar-refractivity contribution in [3.63, 3.8) is 0 Å². The summed E-state index contributed by atoms with van der Waals surface area (Å²) in [5, 5.41) is 8.36. The number of carbonyl (C=O) groups is 1. The number of nitrogen functional groups attached to an aromatic ring is 1. The number of para-hydroxylation sites is 1. The number of rotatable bonds is 2. The first-order chi connectivity index (χ1) is 7.61. The third-order valence-corrected chi connectivity index (χ3v) is 1.96. The molecule has 0 fully saturated rings.